The molecule has 0 bridgehead atoms. The summed E-state index contributed by atoms with van der Waals surface area (Å²) in [6.45, 7) is 0. The number of thioether (sulfide) groups is 1. The fourth-order valence-corrected chi connectivity index (χ4v) is 4.23. The van der Waals surface area contributed by atoms with E-state index in [9.17, 15) is 14.4 Å². The Balaban J connectivity index is 1.50. The standard InChI is InChI=1S/C20H12Cl2N2O4S/c21-12-5-3-6-13(17(12)22)23-16(25)9-15-18(26)24-19(29-15)11-8-10-4-1-2-7-14(10)28-20(11)27/h1-8,15H,9H2,(H,23,25)/t15-/m0/s1. The predicted octanol–water partition coefficient (Wildman–Crippen LogP) is 4.52. The number of fused-ring (bicyclic) bond motifs is 1. The number of aliphatic imine (C=N–C) groups is 1. The van der Waals surface area contributed by atoms with Crippen LogP contribution in [0, 0.1) is 0 Å². The maximum absolute atomic E-state index is 12.4. The van der Waals surface area contributed by atoms with Gasteiger partial charge in [-0.15, -0.1) is 0 Å². The van der Waals surface area contributed by atoms with Crippen LogP contribution in [0.15, 0.2) is 62.7 Å². The van der Waals surface area contributed by atoms with Crippen LogP contribution in [0.25, 0.3) is 11.0 Å². The Labute approximate surface area is 178 Å². The van der Waals surface area contributed by atoms with Crippen molar-refractivity contribution in [3.05, 3.63) is 74.6 Å². The van der Waals surface area contributed by atoms with Crippen molar-refractivity contribution in [3.8, 4) is 0 Å². The lowest BCUT2D eigenvalue weighted by molar-refractivity contribution is -0.121. The number of carbonyl (C=O) groups excluding carboxylic acids is 2. The van der Waals surface area contributed by atoms with Gasteiger partial charge in [-0.25, -0.2) is 9.79 Å². The highest BCUT2D eigenvalue weighted by Crippen LogP contribution is 2.32. The van der Waals surface area contributed by atoms with Gasteiger partial charge in [0.1, 0.15) is 15.9 Å². The van der Waals surface area contributed by atoms with Crippen LogP contribution < -0.4 is 10.9 Å². The van der Waals surface area contributed by atoms with E-state index in [2.05, 4.69) is 10.3 Å². The van der Waals surface area contributed by atoms with Gasteiger partial charge in [0.25, 0.3) is 5.91 Å². The molecule has 1 aromatic heterocycles. The van der Waals surface area contributed by atoms with E-state index in [0.29, 0.717) is 16.3 Å². The molecule has 2 aromatic carbocycles. The van der Waals surface area contributed by atoms with Gasteiger partial charge >= 0.3 is 5.63 Å². The van der Waals surface area contributed by atoms with E-state index >= 15 is 0 Å². The third-order valence-corrected chi connectivity index (χ3v) is 6.22. The van der Waals surface area contributed by atoms with Gasteiger partial charge < -0.3 is 9.73 Å². The lowest BCUT2D eigenvalue weighted by Crippen LogP contribution is -2.21. The summed E-state index contributed by atoms with van der Waals surface area (Å²) in [5.74, 6) is -0.896. The Morgan fingerprint density at radius 3 is 2.76 bits per heavy atom. The first-order valence-electron chi connectivity index (χ1n) is 8.48. The normalized spacial score (nSPS) is 16.1. The summed E-state index contributed by atoms with van der Waals surface area (Å²) in [6, 6.07) is 13.6. The number of carbonyl (C=O) groups is 2. The quantitative estimate of drug-likeness (QED) is 0.595. The third-order valence-electron chi connectivity index (χ3n) is 4.21. The number of benzene rings is 2. The molecule has 1 N–H and O–H groups in total. The summed E-state index contributed by atoms with van der Waals surface area (Å²) >= 11 is 13.1. The lowest BCUT2D eigenvalue weighted by Gasteiger charge is -2.10. The zero-order chi connectivity index (χ0) is 20.5. The molecule has 2 heterocycles. The van der Waals surface area contributed by atoms with Gasteiger partial charge in [-0.3, -0.25) is 9.59 Å². The topological polar surface area (TPSA) is 88.7 Å². The molecule has 0 unspecified atom stereocenters. The molecule has 1 aliphatic heterocycles. The summed E-state index contributed by atoms with van der Waals surface area (Å²) in [5.41, 5.74) is 0.419. The van der Waals surface area contributed by atoms with Crippen LogP contribution >= 0.6 is 35.0 Å². The van der Waals surface area contributed by atoms with Gasteiger partial charge in [0, 0.05) is 11.8 Å². The molecule has 146 valence electrons. The Morgan fingerprint density at radius 2 is 1.93 bits per heavy atom. The summed E-state index contributed by atoms with van der Waals surface area (Å²) < 4.78 is 5.29. The van der Waals surface area contributed by atoms with Gasteiger partial charge in [-0.2, -0.15) is 0 Å². The number of amides is 2. The van der Waals surface area contributed by atoms with Gasteiger partial charge in [-0.05, 0) is 24.3 Å². The molecule has 0 fully saturated rings. The van der Waals surface area contributed by atoms with E-state index in [0.717, 1.165) is 17.1 Å². The van der Waals surface area contributed by atoms with Crippen LogP contribution in [0.4, 0.5) is 5.69 Å². The average Bonchev–Trinajstić information content (AvgIpc) is 3.05. The number of hydrogen-bond acceptors (Lipinski definition) is 5. The SMILES string of the molecule is O=C(C[C@@H]1SC(c2cc3ccccc3oc2=O)=NC1=O)Nc1cccc(Cl)c1Cl. The van der Waals surface area contributed by atoms with Crippen LogP contribution in [-0.4, -0.2) is 22.1 Å². The molecule has 2 amide bonds. The molecule has 0 spiro atoms. The number of halogens is 2. The monoisotopic (exact) mass is 446 g/mol. The van der Waals surface area contributed by atoms with Crippen molar-refractivity contribution >= 4 is 68.5 Å². The highest BCUT2D eigenvalue weighted by atomic mass is 35.5. The number of hydrogen-bond donors (Lipinski definition) is 1. The van der Waals surface area contributed by atoms with Gasteiger partial charge in [0.15, 0.2) is 0 Å². The molecule has 9 heteroatoms. The van der Waals surface area contributed by atoms with E-state index in [1.54, 1.807) is 42.5 Å². The second-order valence-electron chi connectivity index (χ2n) is 6.20. The van der Waals surface area contributed by atoms with E-state index in [1.807, 2.05) is 6.07 Å². The largest absolute Gasteiger partial charge is 0.422 e. The second kappa shape index (κ2) is 8.02. The van der Waals surface area contributed by atoms with Crippen molar-refractivity contribution in [2.75, 3.05) is 5.32 Å². The maximum Gasteiger partial charge on any atom is 0.346 e. The zero-order valence-corrected chi connectivity index (χ0v) is 17.0. The van der Waals surface area contributed by atoms with Gasteiger partial charge in [0.05, 0.1) is 21.3 Å². The summed E-state index contributed by atoms with van der Waals surface area (Å²) in [6.07, 6.45) is -0.127. The molecule has 0 aliphatic carbocycles. The Hall–Kier alpha value is -2.61. The highest BCUT2D eigenvalue weighted by Gasteiger charge is 2.32. The minimum atomic E-state index is -0.742. The fourth-order valence-electron chi connectivity index (χ4n) is 2.82. The summed E-state index contributed by atoms with van der Waals surface area (Å²) in [4.78, 5) is 40.9. The molecule has 4 rings (SSSR count). The molecule has 1 aliphatic rings. The molecule has 1 atom stereocenters. The average molecular weight is 447 g/mol. The van der Waals surface area contributed by atoms with Crippen molar-refractivity contribution in [1.29, 1.82) is 0 Å². The van der Waals surface area contributed by atoms with E-state index in [-0.39, 0.29) is 22.1 Å². The van der Waals surface area contributed by atoms with Crippen LogP contribution in [0.3, 0.4) is 0 Å². The molecular formula is C20H12Cl2N2O4S. The molecule has 0 radical (unpaired) electrons. The molecule has 0 saturated carbocycles. The third kappa shape index (κ3) is 4.07. The van der Waals surface area contributed by atoms with Crippen LogP contribution in [-0.2, 0) is 9.59 Å². The highest BCUT2D eigenvalue weighted by molar-refractivity contribution is 8.16. The predicted molar refractivity (Wildman–Crippen MR) is 115 cm³/mol. The van der Waals surface area contributed by atoms with Crippen LogP contribution in [0.5, 0.6) is 0 Å². The molecule has 0 saturated heterocycles. The van der Waals surface area contributed by atoms with Crippen molar-refractivity contribution in [3.63, 3.8) is 0 Å². The van der Waals surface area contributed by atoms with Crippen LogP contribution in [0.2, 0.25) is 10.0 Å². The number of anilines is 1. The lowest BCUT2D eigenvalue weighted by atomic mass is 10.2. The number of rotatable bonds is 4. The summed E-state index contributed by atoms with van der Waals surface area (Å²) in [7, 11) is 0. The Kier molecular flexibility index (Phi) is 5.45. The van der Waals surface area contributed by atoms with Crippen LogP contribution in [0.1, 0.15) is 12.0 Å². The minimum Gasteiger partial charge on any atom is -0.422 e. The Bertz CT molecular complexity index is 1240. The molecular weight excluding hydrogens is 435 g/mol. The van der Waals surface area contributed by atoms with E-state index in [1.165, 1.54) is 0 Å². The molecule has 3 aromatic rings. The number of para-hydroxylation sites is 1. The first kappa shape index (κ1) is 19.7. The first-order valence-corrected chi connectivity index (χ1v) is 10.1. The fraction of sp³-hybridized carbons (Fsp3) is 0.100. The van der Waals surface area contributed by atoms with E-state index in [4.69, 9.17) is 27.6 Å². The van der Waals surface area contributed by atoms with Crippen molar-refractivity contribution < 1.29 is 14.0 Å². The van der Waals surface area contributed by atoms with E-state index < -0.39 is 22.7 Å². The van der Waals surface area contributed by atoms with Crippen molar-refractivity contribution in [2.24, 2.45) is 4.99 Å². The molecule has 29 heavy (non-hydrogen) atoms. The summed E-state index contributed by atoms with van der Waals surface area (Å²) in [5, 5.41) is 3.39. The van der Waals surface area contributed by atoms with Crippen molar-refractivity contribution in [1.82, 2.24) is 0 Å². The van der Waals surface area contributed by atoms with Crippen molar-refractivity contribution in [2.45, 2.75) is 11.7 Å². The zero-order valence-electron chi connectivity index (χ0n) is 14.6. The smallest absolute Gasteiger partial charge is 0.346 e. The Morgan fingerprint density at radius 1 is 1.14 bits per heavy atom. The first-order chi connectivity index (χ1) is 13.9. The minimum absolute atomic E-state index is 0.127. The number of nitrogens with zero attached hydrogens (tertiary/aromatic N) is 1. The van der Waals surface area contributed by atoms with Gasteiger partial charge in [-0.1, -0.05) is 59.2 Å². The van der Waals surface area contributed by atoms with Gasteiger partial charge in [0.2, 0.25) is 5.91 Å². The second-order valence-corrected chi connectivity index (χ2v) is 8.18. The number of nitrogens with one attached hydrogen (secondary N) is 1. The molecule has 6 nitrogen and oxygen atoms in total. The maximum atomic E-state index is 12.4.